The van der Waals surface area contributed by atoms with Crippen molar-refractivity contribution >= 4 is 17.5 Å². The Bertz CT molecular complexity index is 1000. The third-order valence-electron chi connectivity index (χ3n) is 5.40. The molecule has 6 heteroatoms. The third-order valence-corrected chi connectivity index (χ3v) is 5.40. The molecular formula is C23H25N3O3. The number of pyridine rings is 1. The summed E-state index contributed by atoms with van der Waals surface area (Å²) in [5, 5.41) is 9.18. The lowest BCUT2D eigenvalue weighted by atomic mass is 9.85. The molecule has 0 bridgehead atoms. The van der Waals surface area contributed by atoms with Gasteiger partial charge in [0, 0.05) is 18.1 Å². The van der Waals surface area contributed by atoms with Gasteiger partial charge in [-0.3, -0.25) is 9.59 Å². The fraction of sp³-hybridized carbons (Fsp3) is 0.391. The standard InChI is InChI=1S/C23H25N3O3/c1-6-23(5)12-20(27)26(21(23)28)16-8-10-19(25-14-16)29-18-9-7-15(13-24)11-17(18)22(2,3)4/h7-11,14H,6,12H2,1-5H3/t23-/m0/s1. The zero-order valence-corrected chi connectivity index (χ0v) is 17.4. The zero-order valence-electron chi connectivity index (χ0n) is 17.4. The van der Waals surface area contributed by atoms with Crippen molar-refractivity contribution < 1.29 is 14.3 Å². The number of rotatable bonds is 4. The average molecular weight is 391 g/mol. The highest BCUT2D eigenvalue weighted by Crippen LogP contribution is 2.39. The molecule has 2 amide bonds. The van der Waals surface area contributed by atoms with Crippen LogP contribution in [0.4, 0.5) is 5.69 Å². The van der Waals surface area contributed by atoms with Gasteiger partial charge in [-0.05, 0) is 36.1 Å². The van der Waals surface area contributed by atoms with Crippen LogP contribution < -0.4 is 9.64 Å². The molecule has 0 radical (unpaired) electrons. The van der Waals surface area contributed by atoms with E-state index in [-0.39, 0.29) is 23.7 Å². The summed E-state index contributed by atoms with van der Waals surface area (Å²) in [5.41, 5.74) is 1.03. The summed E-state index contributed by atoms with van der Waals surface area (Å²) in [6.07, 6.45) is 2.30. The molecule has 0 spiro atoms. The van der Waals surface area contributed by atoms with Crippen LogP contribution in [0, 0.1) is 16.7 Å². The Morgan fingerprint density at radius 1 is 1.24 bits per heavy atom. The molecule has 0 unspecified atom stereocenters. The molecule has 0 aliphatic carbocycles. The second kappa shape index (κ2) is 7.32. The number of hydrogen-bond acceptors (Lipinski definition) is 5. The van der Waals surface area contributed by atoms with Gasteiger partial charge in [-0.15, -0.1) is 0 Å². The van der Waals surface area contributed by atoms with E-state index in [9.17, 15) is 14.9 Å². The minimum absolute atomic E-state index is 0.192. The molecule has 0 N–H and O–H groups in total. The first-order chi connectivity index (χ1) is 13.6. The summed E-state index contributed by atoms with van der Waals surface area (Å²) in [6, 6.07) is 10.7. The van der Waals surface area contributed by atoms with Gasteiger partial charge in [0.15, 0.2) is 0 Å². The van der Waals surface area contributed by atoms with E-state index in [0.717, 1.165) is 5.56 Å². The summed E-state index contributed by atoms with van der Waals surface area (Å²) >= 11 is 0. The molecule has 2 aromatic rings. The second-order valence-corrected chi connectivity index (χ2v) is 8.65. The van der Waals surface area contributed by atoms with Gasteiger partial charge in [0.05, 0.1) is 28.9 Å². The van der Waals surface area contributed by atoms with Crippen molar-refractivity contribution in [3.05, 3.63) is 47.7 Å². The van der Waals surface area contributed by atoms with E-state index < -0.39 is 5.41 Å². The number of nitriles is 1. The Kier molecular flexibility index (Phi) is 5.18. The molecular weight excluding hydrogens is 366 g/mol. The van der Waals surface area contributed by atoms with E-state index >= 15 is 0 Å². The highest BCUT2D eigenvalue weighted by molar-refractivity contribution is 6.22. The van der Waals surface area contributed by atoms with E-state index in [4.69, 9.17) is 4.74 Å². The Morgan fingerprint density at radius 3 is 2.48 bits per heavy atom. The molecule has 29 heavy (non-hydrogen) atoms. The van der Waals surface area contributed by atoms with Crippen molar-refractivity contribution in [3.8, 4) is 17.7 Å². The number of carbonyl (C=O) groups excluding carboxylic acids is 2. The minimum atomic E-state index is -0.656. The molecule has 150 valence electrons. The largest absolute Gasteiger partial charge is 0.439 e. The molecule has 2 heterocycles. The summed E-state index contributed by atoms with van der Waals surface area (Å²) in [7, 11) is 0. The van der Waals surface area contributed by atoms with Gasteiger partial charge in [0.2, 0.25) is 17.7 Å². The molecule has 3 rings (SSSR count). The van der Waals surface area contributed by atoms with Crippen LogP contribution >= 0.6 is 0 Å². The summed E-state index contributed by atoms with van der Waals surface area (Å²) in [5.74, 6) is 0.560. The molecule has 1 aromatic heterocycles. The van der Waals surface area contributed by atoms with E-state index in [1.165, 1.54) is 11.1 Å². The topological polar surface area (TPSA) is 83.3 Å². The van der Waals surface area contributed by atoms with Gasteiger partial charge >= 0.3 is 0 Å². The van der Waals surface area contributed by atoms with Crippen LogP contribution in [0.1, 0.15) is 58.6 Å². The van der Waals surface area contributed by atoms with E-state index in [2.05, 4.69) is 11.1 Å². The molecule has 6 nitrogen and oxygen atoms in total. The quantitative estimate of drug-likeness (QED) is 0.704. The lowest BCUT2D eigenvalue weighted by molar-refractivity contribution is -0.125. The van der Waals surface area contributed by atoms with E-state index in [1.54, 1.807) is 24.3 Å². The number of nitrogens with zero attached hydrogens (tertiary/aromatic N) is 3. The Labute approximate surface area is 171 Å². The van der Waals surface area contributed by atoms with Gasteiger partial charge in [0.25, 0.3) is 0 Å². The summed E-state index contributed by atoms with van der Waals surface area (Å²) in [6.45, 7) is 9.86. The van der Waals surface area contributed by atoms with Crippen LogP contribution in [-0.4, -0.2) is 16.8 Å². The van der Waals surface area contributed by atoms with Crippen molar-refractivity contribution in [2.24, 2.45) is 5.41 Å². The highest BCUT2D eigenvalue weighted by atomic mass is 16.5. The number of hydrogen-bond donors (Lipinski definition) is 0. The second-order valence-electron chi connectivity index (χ2n) is 8.65. The maximum atomic E-state index is 12.7. The molecule has 1 fully saturated rings. The monoisotopic (exact) mass is 391 g/mol. The Balaban J connectivity index is 1.87. The van der Waals surface area contributed by atoms with Crippen molar-refractivity contribution in [2.45, 2.75) is 52.9 Å². The van der Waals surface area contributed by atoms with Crippen LogP contribution in [0.3, 0.4) is 0 Å². The molecule has 1 aliphatic heterocycles. The van der Waals surface area contributed by atoms with Gasteiger partial charge in [-0.25, -0.2) is 9.88 Å². The Morgan fingerprint density at radius 2 is 1.97 bits per heavy atom. The molecule has 0 saturated carbocycles. The molecule has 1 saturated heterocycles. The summed E-state index contributed by atoms with van der Waals surface area (Å²) < 4.78 is 5.96. The van der Waals surface area contributed by atoms with Crippen LogP contribution in [0.5, 0.6) is 11.6 Å². The first-order valence-corrected chi connectivity index (χ1v) is 9.65. The normalized spacial score (nSPS) is 19.4. The average Bonchev–Trinajstić information content (AvgIpc) is 2.91. The van der Waals surface area contributed by atoms with Crippen molar-refractivity contribution in [1.82, 2.24) is 4.98 Å². The van der Waals surface area contributed by atoms with Crippen LogP contribution in [0.15, 0.2) is 36.5 Å². The maximum absolute atomic E-state index is 12.7. The number of amides is 2. The van der Waals surface area contributed by atoms with E-state index in [1.807, 2.05) is 40.7 Å². The van der Waals surface area contributed by atoms with Crippen LogP contribution in [-0.2, 0) is 15.0 Å². The third kappa shape index (κ3) is 3.86. The maximum Gasteiger partial charge on any atom is 0.240 e. The predicted octanol–water partition coefficient (Wildman–Crippen LogP) is 4.72. The molecule has 1 aliphatic rings. The van der Waals surface area contributed by atoms with Gasteiger partial charge in [-0.1, -0.05) is 34.6 Å². The van der Waals surface area contributed by atoms with Crippen molar-refractivity contribution in [1.29, 1.82) is 5.26 Å². The number of benzene rings is 1. The fourth-order valence-electron chi connectivity index (χ4n) is 3.36. The highest BCUT2D eigenvalue weighted by Gasteiger charge is 2.47. The lowest BCUT2D eigenvalue weighted by Crippen LogP contribution is -2.34. The minimum Gasteiger partial charge on any atom is -0.439 e. The lowest BCUT2D eigenvalue weighted by Gasteiger charge is -2.23. The SMILES string of the molecule is CC[C@@]1(C)CC(=O)N(c2ccc(Oc3ccc(C#N)cc3C(C)(C)C)nc2)C1=O. The van der Waals surface area contributed by atoms with Gasteiger partial charge < -0.3 is 4.74 Å². The first kappa shape index (κ1) is 20.5. The van der Waals surface area contributed by atoms with Crippen molar-refractivity contribution in [3.63, 3.8) is 0 Å². The van der Waals surface area contributed by atoms with Gasteiger partial charge in [-0.2, -0.15) is 5.26 Å². The fourth-order valence-corrected chi connectivity index (χ4v) is 3.36. The number of aromatic nitrogens is 1. The van der Waals surface area contributed by atoms with Crippen molar-refractivity contribution in [2.75, 3.05) is 4.90 Å². The number of imide groups is 1. The number of carbonyl (C=O) groups is 2. The number of ether oxygens (including phenoxy) is 1. The predicted molar refractivity (Wildman–Crippen MR) is 110 cm³/mol. The van der Waals surface area contributed by atoms with Crippen LogP contribution in [0.25, 0.3) is 0 Å². The first-order valence-electron chi connectivity index (χ1n) is 9.65. The molecule has 1 aromatic carbocycles. The zero-order chi connectivity index (χ0) is 21.4. The Hall–Kier alpha value is -3.20. The van der Waals surface area contributed by atoms with E-state index in [0.29, 0.717) is 29.3 Å². The van der Waals surface area contributed by atoms with Gasteiger partial charge in [0.1, 0.15) is 5.75 Å². The van der Waals surface area contributed by atoms with Crippen LogP contribution in [0.2, 0.25) is 0 Å². The number of anilines is 1. The smallest absolute Gasteiger partial charge is 0.240 e. The molecule has 1 atom stereocenters. The summed E-state index contributed by atoms with van der Waals surface area (Å²) in [4.78, 5) is 30.6.